The fourth-order valence-electron chi connectivity index (χ4n) is 3.28. The van der Waals surface area contributed by atoms with Crippen LogP contribution in [-0.2, 0) is 6.18 Å². The molecule has 27 heavy (non-hydrogen) atoms. The van der Waals surface area contributed by atoms with Crippen molar-refractivity contribution in [3.63, 3.8) is 0 Å². The summed E-state index contributed by atoms with van der Waals surface area (Å²) in [5.74, 6) is 0. The first-order valence-electron chi connectivity index (χ1n) is 7.77. The van der Waals surface area contributed by atoms with Crippen molar-refractivity contribution < 1.29 is 35.8 Å². The molecule has 0 radical (unpaired) electrons. The zero-order valence-electron chi connectivity index (χ0n) is 13.4. The lowest BCUT2D eigenvalue weighted by molar-refractivity contribution is -0.209. The molecule has 3 rings (SSSR count). The van der Waals surface area contributed by atoms with Gasteiger partial charge in [-0.2, -0.15) is 26.3 Å². The Morgan fingerprint density at radius 3 is 2.41 bits per heavy atom. The molecule has 1 aromatic carbocycles. The fraction of sp³-hybridized carbons (Fsp3) is 0.438. The molecule has 2 unspecified atom stereocenters. The SMILES string of the molecule is O=c1cc(C(F)(F)F)c2cc(N3CC(F)CC3[C@@H](O)C(F)(F)F)ccc2[nH]1. The maximum Gasteiger partial charge on any atom is 0.417 e. The first kappa shape index (κ1) is 19.5. The minimum absolute atomic E-state index is 0.117. The summed E-state index contributed by atoms with van der Waals surface area (Å²) in [5.41, 5.74) is -2.53. The Labute approximate surface area is 147 Å². The molecular weight excluding hydrogens is 385 g/mol. The Hall–Kier alpha value is -2.30. The molecule has 2 N–H and O–H groups in total. The average Bonchev–Trinajstić information content (AvgIpc) is 2.92. The Kier molecular flexibility index (Phi) is 4.61. The number of halogens is 7. The van der Waals surface area contributed by atoms with Crippen LogP contribution in [0.3, 0.4) is 0 Å². The van der Waals surface area contributed by atoms with E-state index in [-0.39, 0.29) is 11.2 Å². The number of hydrogen-bond donors (Lipinski definition) is 2. The zero-order chi connectivity index (χ0) is 20.1. The largest absolute Gasteiger partial charge is 0.417 e. The highest BCUT2D eigenvalue weighted by Gasteiger charge is 2.49. The van der Waals surface area contributed by atoms with Crippen LogP contribution in [0.4, 0.5) is 36.4 Å². The molecule has 4 nitrogen and oxygen atoms in total. The Morgan fingerprint density at radius 2 is 1.81 bits per heavy atom. The van der Waals surface area contributed by atoms with Crippen molar-refractivity contribution in [2.45, 2.75) is 37.1 Å². The second-order valence-corrected chi connectivity index (χ2v) is 6.31. The molecule has 1 aromatic heterocycles. The Morgan fingerprint density at radius 1 is 1.15 bits per heavy atom. The third-order valence-corrected chi connectivity index (χ3v) is 4.46. The molecule has 0 amide bonds. The maximum absolute atomic E-state index is 13.7. The highest BCUT2D eigenvalue weighted by atomic mass is 19.4. The standard InChI is InChI=1S/C16H13F7N2O2/c17-7-3-12(14(27)16(21,22)23)25(6-7)8-1-2-11-9(4-8)10(15(18,19)20)5-13(26)24-11/h1-2,4-5,7,12,14,27H,3,6H2,(H,24,26)/t7?,12?,14-/m1/s1. The molecule has 0 bridgehead atoms. The minimum atomic E-state index is -5.01. The molecular formula is C16H13F7N2O2. The van der Waals surface area contributed by atoms with E-state index >= 15 is 0 Å². The molecule has 1 saturated heterocycles. The van der Waals surface area contributed by atoms with Crippen LogP contribution < -0.4 is 10.5 Å². The second kappa shape index (κ2) is 6.39. The van der Waals surface area contributed by atoms with Crippen molar-refractivity contribution in [2.24, 2.45) is 0 Å². The summed E-state index contributed by atoms with van der Waals surface area (Å²) < 4.78 is 91.9. The van der Waals surface area contributed by atoms with E-state index in [4.69, 9.17) is 0 Å². The van der Waals surface area contributed by atoms with Crippen molar-refractivity contribution >= 4 is 16.6 Å². The van der Waals surface area contributed by atoms with E-state index < -0.39 is 60.1 Å². The van der Waals surface area contributed by atoms with Crippen LogP contribution in [0.2, 0.25) is 0 Å². The van der Waals surface area contributed by atoms with Gasteiger partial charge in [0.15, 0.2) is 6.10 Å². The van der Waals surface area contributed by atoms with Gasteiger partial charge in [-0.05, 0) is 18.2 Å². The number of alkyl halides is 7. The fourth-order valence-corrected chi connectivity index (χ4v) is 3.28. The first-order valence-corrected chi connectivity index (χ1v) is 7.77. The van der Waals surface area contributed by atoms with Crippen molar-refractivity contribution in [2.75, 3.05) is 11.4 Å². The van der Waals surface area contributed by atoms with Gasteiger partial charge in [0.25, 0.3) is 0 Å². The molecule has 1 fully saturated rings. The maximum atomic E-state index is 13.7. The van der Waals surface area contributed by atoms with Gasteiger partial charge in [0.1, 0.15) is 6.17 Å². The smallest absolute Gasteiger partial charge is 0.382 e. The molecule has 2 heterocycles. The number of aromatic nitrogens is 1. The first-order chi connectivity index (χ1) is 12.4. The van der Waals surface area contributed by atoms with Gasteiger partial charge in [-0.15, -0.1) is 0 Å². The summed E-state index contributed by atoms with van der Waals surface area (Å²) >= 11 is 0. The van der Waals surface area contributed by atoms with E-state index in [2.05, 4.69) is 4.98 Å². The van der Waals surface area contributed by atoms with Crippen molar-refractivity contribution in [1.29, 1.82) is 0 Å². The van der Waals surface area contributed by atoms with E-state index in [1.165, 1.54) is 6.07 Å². The summed E-state index contributed by atoms with van der Waals surface area (Å²) in [6.07, 6.45) is -15.0. The van der Waals surface area contributed by atoms with Crippen LogP contribution in [0.25, 0.3) is 10.9 Å². The highest BCUT2D eigenvalue weighted by molar-refractivity contribution is 5.86. The van der Waals surface area contributed by atoms with Crippen molar-refractivity contribution in [3.8, 4) is 0 Å². The third kappa shape index (κ3) is 3.73. The summed E-state index contributed by atoms with van der Waals surface area (Å²) in [4.78, 5) is 14.5. The van der Waals surface area contributed by atoms with Crippen molar-refractivity contribution in [3.05, 3.63) is 40.2 Å². The van der Waals surface area contributed by atoms with Gasteiger partial charge in [0, 0.05) is 35.6 Å². The van der Waals surface area contributed by atoms with Gasteiger partial charge in [-0.3, -0.25) is 4.79 Å². The summed E-state index contributed by atoms with van der Waals surface area (Å²) in [5, 5.41) is 9.07. The minimum Gasteiger partial charge on any atom is -0.382 e. The number of hydrogen-bond acceptors (Lipinski definition) is 3. The van der Waals surface area contributed by atoms with Gasteiger partial charge >= 0.3 is 12.4 Å². The number of aliphatic hydroxyl groups is 1. The van der Waals surface area contributed by atoms with Crippen LogP contribution in [0, 0.1) is 0 Å². The number of aromatic amines is 1. The Balaban J connectivity index is 2.11. The molecule has 1 aliphatic rings. The lowest BCUT2D eigenvalue weighted by atomic mass is 10.0. The molecule has 11 heteroatoms. The van der Waals surface area contributed by atoms with E-state index in [1.54, 1.807) is 0 Å². The van der Waals surface area contributed by atoms with E-state index in [1.807, 2.05) is 0 Å². The van der Waals surface area contributed by atoms with Crippen LogP contribution in [-0.4, -0.2) is 41.1 Å². The highest BCUT2D eigenvalue weighted by Crippen LogP contribution is 2.38. The molecule has 0 aliphatic carbocycles. The summed E-state index contributed by atoms with van der Waals surface area (Å²) in [6.45, 7) is -0.506. The predicted molar refractivity (Wildman–Crippen MR) is 82.3 cm³/mol. The van der Waals surface area contributed by atoms with Crippen LogP contribution in [0.15, 0.2) is 29.1 Å². The normalized spacial score (nSPS) is 22.4. The summed E-state index contributed by atoms with van der Waals surface area (Å²) in [7, 11) is 0. The molecule has 1 aliphatic heterocycles. The third-order valence-electron chi connectivity index (χ3n) is 4.46. The summed E-state index contributed by atoms with van der Waals surface area (Å²) in [6, 6.07) is 1.88. The van der Waals surface area contributed by atoms with Crippen LogP contribution in [0.1, 0.15) is 12.0 Å². The predicted octanol–water partition coefficient (Wildman–Crippen LogP) is 3.39. The molecule has 0 spiro atoms. The van der Waals surface area contributed by atoms with E-state index in [0.29, 0.717) is 6.07 Å². The second-order valence-electron chi connectivity index (χ2n) is 6.31. The molecule has 0 saturated carbocycles. The molecule has 3 atom stereocenters. The van der Waals surface area contributed by atoms with Crippen LogP contribution >= 0.6 is 0 Å². The number of anilines is 1. The Bertz CT molecular complexity index is 906. The van der Waals surface area contributed by atoms with E-state index in [9.17, 15) is 40.6 Å². The number of H-pyrrole nitrogens is 1. The number of nitrogens with one attached hydrogen (secondary N) is 1. The lowest BCUT2D eigenvalue weighted by Crippen LogP contribution is -2.47. The van der Waals surface area contributed by atoms with Crippen LogP contribution in [0.5, 0.6) is 0 Å². The monoisotopic (exact) mass is 398 g/mol. The van der Waals surface area contributed by atoms with Gasteiger partial charge in [0.05, 0.1) is 11.6 Å². The number of pyridine rings is 1. The van der Waals surface area contributed by atoms with Gasteiger partial charge in [0.2, 0.25) is 5.56 Å². The van der Waals surface area contributed by atoms with Gasteiger partial charge < -0.3 is 15.0 Å². The molecule has 2 aromatic rings. The van der Waals surface area contributed by atoms with Gasteiger partial charge in [-0.1, -0.05) is 0 Å². The number of aliphatic hydroxyl groups excluding tert-OH is 1. The number of benzene rings is 1. The quantitative estimate of drug-likeness (QED) is 0.763. The molecule has 148 valence electrons. The van der Waals surface area contributed by atoms with Crippen molar-refractivity contribution in [1.82, 2.24) is 4.98 Å². The average molecular weight is 398 g/mol. The topological polar surface area (TPSA) is 56.3 Å². The van der Waals surface area contributed by atoms with Gasteiger partial charge in [-0.25, -0.2) is 4.39 Å². The number of rotatable bonds is 2. The zero-order valence-corrected chi connectivity index (χ0v) is 13.4. The lowest BCUT2D eigenvalue weighted by Gasteiger charge is -2.31. The number of fused-ring (bicyclic) bond motifs is 1. The van der Waals surface area contributed by atoms with E-state index in [0.717, 1.165) is 17.0 Å². The number of nitrogens with zero attached hydrogens (tertiary/aromatic N) is 1.